The van der Waals surface area contributed by atoms with Crippen LogP contribution in [0, 0.1) is 5.92 Å². The molecular formula is C44H58N2. The molecule has 0 heterocycles. The number of nitrogen functional groups attached to an aromatic ring is 2. The van der Waals surface area contributed by atoms with E-state index in [9.17, 15) is 0 Å². The summed E-state index contributed by atoms with van der Waals surface area (Å²) in [6.45, 7) is 6.89. The van der Waals surface area contributed by atoms with Gasteiger partial charge in [-0.25, -0.2) is 0 Å². The minimum absolute atomic E-state index is 0.0693. The summed E-state index contributed by atoms with van der Waals surface area (Å²) in [6, 6.07) is 36.6. The molecule has 2 atom stereocenters. The first-order valence-corrected chi connectivity index (χ1v) is 18.4. The van der Waals surface area contributed by atoms with Crippen LogP contribution in [-0.2, 0) is 5.41 Å². The Balaban J connectivity index is 1.44. The van der Waals surface area contributed by atoms with E-state index in [1.165, 1.54) is 91.2 Å². The van der Waals surface area contributed by atoms with E-state index < -0.39 is 0 Å². The fourth-order valence-electron chi connectivity index (χ4n) is 8.22. The first kappa shape index (κ1) is 33.8. The number of benzene rings is 4. The highest BCUT2D eigenvalue weighted by Crippen LogP contribution is 2.48. The molecule has 4 N–H and O–H groups in total. The highest BCUT2D eigenvalue weighted by atomic mass is 14.5. The molecule has 0 saturated heterocycles. The molecule has 1 aliphatic carbocycles. The topological polar surface area (TPSA) is 52.0 Å². The molecule has 0 spiro atoms. The number of unbranched alkanes of at least 4 members (excludes halogenated alkanes) is 3. The van der Waals surface area contributed by atoms with Crippen LogP contribution in [0.5, 0.6) is 0 Å². The second-order valence-corrected chi connectivity index (χ2v) is 14.1. The zero-order valence-corrected chi connectivity index (χ0v) is 28.8. The predicted molar refractivity (Wildman–Crippen MR) is 200 cm³/mol. The van der Waals surface area contributed by atoms with Crippen molar-refractivity contribution >= 4 is 11.4 Å². The first-order chi connectivity index (χ1) is 22.5. The second kappa shape index (κ2) is 16.3. The summed E-state index contributed by atoms with van der Waals surface area (Å²) in [4.78, 5) is 0. The van der Waals surface area contributed by atoms with E-state index in [0.717, 1.165) is 43.0 Å². The summed E-state index contributed by atoms with van der Waals surface area (Å²) in [5.41, 5.74) is 22.3. The maximum absolute atomic E-state index is 6.03. The van der Waals surface area contributed by atoms with Crippen LogP contribution < -0.4 is 11.5 Å². The molecule has 0 aliphatic heterocycles. The van der Waals surface area contributed by atoms with E-state index in [-0.39, 0.29) is 5.41 Å². The standard InChI is InChI=1S/C44H58N2/c1-4-7-8-9-12-33-29-31-44(32-30-33,38-21-13-34(14-22-38)42(10-5-2)36-17-25-40(45)26-18-36)39-23-15-35(16-24-39)43(11-6-3)37-19-27-41(46)28-20-37/h13-28,33,42-43H,4-12,29-32,45-46H2,1-3H3. The van der Waals surface area contributed by atoms with Crippen molar-refractivity contribution in [1.82, 2.24) is 0 Å². The van der Waals surface area contributed by atoms with Gasteiger partial charge in [-0.2, -0.15) is 0 Å². The van der Waals surface area contributed by atoms with Crippen molar-refractivity contribution in [2.45, 2.75) is 121 Å². The van der Waals surface area contributed by atoms with Crippen LogP contribution in [0.4, 0.5) is 11.4 Å². The van der Waals surface area contributed by atoms with Gasteiger partial charge in [0.1, 0.15) is 0 Å². The fourth-order valence-corrected chi connectivity index (χ4v) is 8.22. The van der Waals surface area contributed by atoms with Gasteiger partial charge in [-0.1, -0.05) is 139 Å². The molecule has 0 bridgehead atoms. The normalized spacial score (nSPS) is 19.5. The molecule has 2 heteroatoms. The Kier molecular flexibility index (Phi) is 12.0. The number of anilines is 2. The van der Waals surface area contributed by atoms with Gasteiger partial charge in [-0.05, 0) is 102 Å². The second-order valence-electron chi connectivity index (χ2n) is 14.1. The summed E-state index contributed by atoms with van der Waals surface area (Å²) >= 11 is 0. The Labute approximate surface area is 280 Å². The van der Waals surface area contributed by atoms with Crippen LogP contribution in [-0.4, -0.2) is 0 Å². The molecule has 4 aromatic rings. The van der Waals surface area contributed by atoms with Gasteiger partial charge < -0.3 is 11.5 Å². The molecule has 5 rings (SSSR count). The Morgan fingerprint density at radius 1 is 0.522 bits per heavy atom. The average molecular weight is 615 g/mol. The zero-order valence-electron chi connectivity index (χ0n) is 28.8. The fraction of sp³-hybridized carbons (Fsp3) is 0.455. The summed E-state index contributed by atoms with van der Waals surface area (Å²) in [7, 11) is 0. The third-order valence-electron chi connectivity index (χ3n) is 11.0. The lowest BCUT2D eigenvalue weighted by atomic mass is 9.62. The lowest BCUT2D eigenvalue weighted by Crippen LogP contribution is -2.33. The van der Waals surface area contributed by atoms with Gasteiger partial charge in [0.2, 0.25) is 0 Å². The van der Waals surface area contributed by atoms with Crippen LogP contribution in [0.1, 0.15) is 149 Å². The first-order valence-electron chi connectivity index (χ1n) is 18.4. The van der Waals surface area contributed by atoms with Crippen molar-refractivity contribution in [3.63, 3.8) is 0 Å². The van der Waals surface area contributed by atoms with Crippen LogP contribution in [0.2, 0.25) is 0 Å². The minimum Gasteiger partial charge on any atom is -0.399 e. The summed E-state index contributed by atoms with van der Waals surface area (Å²) in [5, 5.41) is 0. The smallest absolute Gasteiger partial charge is 0.0314 e. The van der Waals surface area contributed by atoms with Crippen molar-refractivity contribution in [3.8, 4) is 0 Å². The zero-order chi connectivity index (χ0) is 32.4. The van der Waals surface area contributed by atoms with E-state index in [1.54, 1.807) is 0 Å². The van der Waals surface area contributed by atoms with Crippen LogP contribution in [0.25, 0.3) is 0 Å². The van der Waals surface area contributed by atoms with Crippen molar-refractivity contribution in [2.75, 3.05) is 11.5 Å². The highest BCUT2D eigenvalue weighted by Gasteiger charge is 2.38. The molecule has 0 aromatic heterocycles. The molecule has 1 saturated carbocycles. The molecule has 46 heavy (non-hydrogen) atoms. The Morgan fingerprint density at radius 3 is 1.28 bits per heavy atom. The van der Waals surface area contributed by atoms with E-state index >= 15 is 0 Å². The predicted octanol–water partition coefficient (Wildman–Crippen LogP) is 12.2. The highest BCUT2D eigenvalue weighted by molar-refractivity contribution is 5.47. The molecule has 0 radical (unpaired) electrons. The molecule has 1 fully saturated rings. The van der Waals surface area contributed by atoms with E-state index in [2.05, 4.69) is 93.6 Å². The molecule has 2 unspecified atom stereocenters. The number of rotatable bonds is 15. The van der Waals surface area contributed by atoms with Crippen molar-refractivity contribution in [1.29, 1.82) is 0 Å². The van der Waals surface area contributed by atoms with Crippen LogP contribution in [0.15, 0.2) is 97.1 Å². The molecule has 2 nitrogen and oxygen atoms in total. The van der Waals surface area contributed by atoms with Gasteiger partial charge >= 0.3 is 0 Å². The van der Waals surface area contributed by atoms with E-state index in [0.29, 0.717) is 11.8 Å². The van der Waals surface area contributed by atoms with Gasteiger partial charge in [0.05, 0.1) is 0 Å². The molecule has 4 aromatic carbocycles. The van der Waals surface area contributed by atoms with Crippen LogP contribution in [0.3, 0.4) is 0 Å². The lowest BCUT2D eigenvalue weighted by molar-refractivity contribution is 0.250. The summed E-state index contributed by atoms with van der Waals surface area (Å²) in [6.07, 6.45) is 16.6. The molecule has 0 amide bonds. The number of hydrogen-bond donors (Lipinski definition) is 2. The molecular weight excluding hydrogens is 556 g/mol. The minimum atomic E-state index is 0.0693. The summed E-state index contributed by atoms with van der Waals surface area (Å²) < 4.78 is 0. The SMILES string of the molecule is CCCCCCC1CCC(c2ccc(C(CCC)c3ccc(N)cc3)cc2)(c2ccc(C(CCC)c3ccc(N)cc3)cc2)CC1. The van der Waals surface area contributed by atoms with Gasteiger partial charge in [0, 0.05) is 28.6 Å². The Hall–Kier alpha value is -3.52. The maximum atomic E-state index is 6.03. The number of nitrogens with two attached hydrogens (primary N) is 2. The van der Waals surface area contributed by atoms with E-state index in [4.69, 9.17) is 11.5 Å². The Morgan fingerprint density at radius 2 is 0.913 bits per heavy atom. The van der Waals surface area contributed by atoms with Gasteiger partial charge in [0.25, 0.3) is 0 Å². The van der Waals surface area contributed by atoms with Gasteiger partial charge in [-0.15, -0.1) is 0 Å². The molecule has 1 aliphatic rings. The largest absolute Gasteiger partial charge is 0.399 e. The maximum Gasteiger partial charge on any atom is 0.0314 e. The third-order valence-corrected chi connectivity index (χ3v) is 11.0. The van der Waals surface area contributed by atoms with Crippen molar-refractivity contribution in [2.24, 2.45) is 5.92 Å². The monoisotopic (exact) mass is 614 g/mol. The number of hydrogen-bond acceptors (Lipinski definition) is 2. The lowest BCUT2D eigenvalue weighted by Gasteiger charge is -2.42. The van der Waals surface area contributed by atoms with Gasteiger partial charge in [0.15, 0.2) is 0 Å². The van der Waals surface area contributed by atoms with Crippen molar-refractivity contribution < 1.29 is 0 Å². The van der Waals surface area contributed by atoms with Crippen LogP contribution >= 0.6 is 0 Å². The summed E-state index contributed by atoms with van der Waals surface area (Å²) in [5.74, 6) is 1.66. The Bertz CT molecular complexity index is 1340. The third kappa shape index (κ3) is 8.06. The average Bonchev–Trinajstić information content (AvgIpc) is 3.10. The molecule has 244 valence electrons. The quantitative estimate of drug-likeness (QED) is 0.103. The van der Waals surface area contributed by atoms with E-state index in [1.807, 2.05) is 24.3 Å². The van der Waals surface area contributed by atoms with Gasteiger partial charge in [-0.3, -0.25) is 0 Å². The van der Waals surface area contributed by atoms with Crippen molar-refractivity contribution in [3.05, 3.63) is 130 Å².